The Kier molecular flexibility index (Phi) is 2.25. The van der Waals surface area contributed by atoms with Crippen LogP contribution in [0.15, 0.2) is 18.5 Å². The lowest BCUT2D eigenvalue weighted by molar-refractivity contribution is 0.449. The van der Waals surface area contributed by atoms with Gasteiger partial charge in [-0.05, 0) is 31.5 Å². The van der Waals surface area contributed by atoms with Gasteiger partial charge in [0.05, 0.1) is 0 Å². The molecule has 0 unspecified atom stereocenters. The molecule has 0 aromatic carbocycles. The van der Waals surface area contributed by atoms with E-state index in [1.807, 2.05) is 10.6 Å². The molecule has 84 valence electrons. The van der Waals surface area contributed by atoms with Crippen LogP contribution < -0.4 is 11.1 Å². The van der Waals surface area contributed by atoms with Crippen LogP contribution in [0.3, 0.4) is 0 Å². The third-order valence-electron chi connectivity index (χ3n) is 3.23. The number of aromatic nitrogens is 3. The van der Waals surface area contributed by atoms with E-state index in [0.717, 1.165) is 18.6 Å². The van der Waals surface area contributed by atoms with Gasteiger partial charge >= 0.3 is 0 Å². The zero-order valence-corrected chi connectivity index (χ0v) is 9.06. The van der Waals surface area contributed by atoms with Gasteiger partial charge in [0.2, 0.25) is 0 Å². The second-order valence-corrected chi connectivity index (χ2v) is 4.24. The van der Waals surface area contributed by atoms with Crippen molar-refractivity contribution >= 4 is 11.3 Å². The molecule has 0 saturated carbocycles. The minimum atomic E-state index is 0.533. The Morgan fingerprint density at radius 3 is 3.19 bits per heavy atom. The highest BCUT2D eigenvalue weighted by Crippen LogP contribution is 2.25. The molecule has 0 amide bonds. The maximum Gasteiger partial charge on any atom is 0.151 e. The number of rotatable bonds is 1. The van der Waals surface area contributed by atoms with E-state index in [-0.39, 0.29) is 0 Å². The smallest absolute Gasteiger partial charge is 0.151 e. The first kappa shape index (κ1) is 9.59. The van der Waals surface area contributed by atoms with E-state index in [2.05, 4.69) is 21.5 Å². The second kappa shape index (κ2) is 3.75. The minimum absolute atomic E-state index is 0.533. The van der Waals surface area contributed by atoms with E-state index in [9.17, 15) is 0 Å². The molecule has 0 bridgehead atoms. The highest BCUT2D eigenvalue weighted by molar-refractivity contribution is 5.65. The number of nitrogens with zero attached hydrogens (tertiary/aromatic N) is 3. The summed E-state index contributed by atoms with van der Waals surface area (Å²) in [5.41, 5.74) is 7.95. The summed E-state index contributed by atoms with van der Waals surface area (Å²) in [6.07, 6.45) is 3.95. The molecule has 3 N–H and O–H groups in total. The topological polar surface area (TPSA) is 68.2 Å². The number of nitrogens with two attached hydrogens (primary N) is 1. The lowest BCUT2D eigenvalue weighted by atomic mass is 9.96. The van der Waals surface area contributed by atoms with Gasteiger partial charge in [0.1, 0.15) is 11.8 Å². The third-order valence-corrected chi connectivity index (χ3v) is 3.23. The molecule has 16 heavy (non-hydrogen) atoms. The summed E-state index contributed by atoms with van der Waals surface area (Å²) in [5, 5.41) is 7.69. The number of nitrogens with one attached hydrogen (secondary N) is 1. The molecule has 3 rings (SSSR count). The van der Waals surface area contributed by atoms with Gasteiger partial charge < -0.3 is 11.1 Å². The summed E-state index contributed by atoms with van der Waals surface area (Å²) in [4.78, 5) is 4.00. The predicted molar refractivity (Wildman–Crippen MR) is 62.2 cm³/mol. The first-order valence-corrected chi connectivity index (χ1v) is 5.65. The van der Waals surface area contributed by atoms with Crippen molar-refractivity contribution in [3.63, 3.8) is 0 Å². The standard InChI is InChI=1S/C11H15N5/c12-11-10-4-3-9(16(10)15-7-14-11)8-2-1-5-13-6-8/h3-4,7-8,13H,1-2,5-6H2,(H2,12,14,15)/t8-/m1/s1. The van der Waals surface area contributed by atoms with Crippen molar-refractivity contribution < 1.29 is 0 Å². The lowest BCUT2D eigenvalue weighted by Crippen LogP contribution is -2.29. The minimum Gasteiger partial charge on any atom is -0.382 e. The highest BCUT2D eigenvalue weighted by atomic mass is 15.3. The van der Waals surface area contributed by atoms with Gasteiger partial charge in [-0.25, -0.2) is 9.50 Å². The van der Waals surface area contributed by atoms with Crippen LogP contribution in [0.4, 0.5) is 5.82 Å². The average Bonchev–Trinajstić information content (AvgIpc) is 2.75. The summed E-state index contributed by atoms with van der Waals surface area (Å²) in [5.74, 6) is 1.08. The van der Waals surface area contributed by atoms with E-state index in [1.54, 1.807) is 0 Å². The van der Waals surface area contributed by atoms with E-state index in [0.29, 0.717) is 11.7 Å². The number of hydrogen-bond acceptors (Lipinski definition) is 4. The summed E-state index contributed by atoms with van der Waals surface area (Å²) < 4.78 is 1.92. The Balaban J connectivity index is 2.06. The summed E-state index contributed by atoms with van der Waals surface area (Å²) >= 11 is 0. The van der Waals surface area contributed by atoms with Crippen molar-refractivity contribution in [1.29, 1.82) is 0 Å². The maximum atomic E-state index is 5.81. The molecular formula is C11H15N5. The third kappa shape index (κ3) is 1.44. The fourth-order valence-electron chi connectivity index (χ4n) is 2.39. The fraction of sp³-hybridized carbons (Fsp3) is 0.455. The van der Waals surface area contributed by atoms with Crippen molar-refractivity contribution in [3.05, 3.63) is 24.2 Å². The Bertz CT molecular complexity index is 498. The molecule has 2 aromatic heterocycles. The number of nitrogen functional groups attached to an aromatic ring is 1. The Morgan fingerprint density at radius 1 is 1.44 bits per heavy atom. The molecular weight excluding hydrogens is 202 g/mol. The van der Waals surface area contributed by atoms with Crippen LogP contribution in [-0.4, -0.2) is 27.7 Å². The van der Waals surface area contributed by atoms with Gasteiger partial charge in [0, 0.05) is 18.2 Å². The Morgan fingerprint density at radius 2 is 2.38 bits per heavy atom. The summed E-state index contributed by atoms with van der Waals surface area (Å²) in [6.45, 7) is 2.15. The Hall–Kier alpha value is -1.62. The zero-order chi connectivity index (χ0) is 11.0. The second-order valence-electron chi connectivity index (χ2n) is 4.24. The monoisotopic (exact) mass is 217 g/mol. The molecule has 1 aliphatic heterocycles. The van der Waals surface area contributed by atoms with Crippen molar-refractivity contribution in [2.75, 3.05) is 18.8 Å². The molecule has 0 aliphatic carbocycles. The number of hydrogen-bond donors (Lipinski definition) is 2. The average molecular weight is 217 g/mol. The van der Waals surface area contributed by atoms with E-state index in [4.69, 9.17) is 5.73 Å². The van der Waals surface area contributed by atoms with E-state index in [1.165, 1.54) is 24.9 Å². The molecule has 1 fully saturated rings. The van der Waals surface area contributed by atoms with Crippen LogP contribution in [0.2, 0.25) is 0 Å². The lowest BCUT2D eigenvalue weighted by Gasteiger charge is -2.22. The predicted octanol–water partition coefficient (Wildman–Crippen LogP) is 0.778. The van der Waals surface area contributed by atoms with Gasteiger partial charge in [-0.15, -0.1) is 0 Å². The molecule has 1 saturated heterocycles. The van der Waals surface area contributed by atoms with E-state index >= 15 is 0 Å². The van der Waals surface area contributed by atoms with Gasteiger partial charge in [-0.3, -0.25) is 0 Å². The maximum absolute atomic E-state index is 5.81. The normalized spacial score (nSPS) is 21.4. The molecule has 1 atom stereocenters. The molecule has 0 spiro atoms. The molecule has 3 heterocycles. The Labute approximate surface area is 93.7 Å². The number of fused-ring (bicyclic) bond motifs is 1. The summed E-state index contributed by atoms with van der Waals surface area (Å²) in [7, 11) is 0. The SMILES string of the molecule is Nc1ncnn2c([C@@H]3CCCNC3)ccc12. The van der Waals surface area contributed by atoms with Crippen molar-refractivity contribution in [2.24, 2.45) is 0 Å². The van der Waals surface area contributed by atoms with Gasteiger partial charge in [-0.2, -0.15) is 5.10 Å². The van der Waals surface area contributed by atoms with E-state index < -0.39 is 0 Å². The first-order chi connectivity index (χ1) is 7.86. The molecule has 1 aliphatic rings. The molecule has 2 aromatic rings. The van der Waals surface area contributed by atoms with Crippen LogP contribution in [-0.2, 0) is 0 Å². The largest absolute Gasteiger partial charge is 0.382 e. The highest BCUT2D eigenvalue weighted by Gasteiger charge is 2.19. The van der Waals surface area contributed by atoms with Crippen LogP contribution in [0.1, 0.15) is 24.5 Å². The molecule has 5 heteroatoms. The number of piperidine rings is 1. The molecule has 0 radical (unpaired) electrons. The fourth-order valence-corrected chi connectivity index (χ4v) is 2.39. The van der Waals surface area contributed by atoms with Crippen LogP contribution >= 0.6 is 0 Å². The van der Waals surface area contributed by atoms with Crippen LogP contribution in [0, 0.1) is 0 Å². The van der Waals surface area contributed by atoms with Gasteiger partial charge in [0.25, 0.3) is 0 Å². The van der Waals surface area contributed by atoms with Crippen molar-refractivity contribution in [3.8, 4) is 0 Å². The van der Waals surface area contributed by atoms with Crippen molar-refractivity contribution in [2.45, 2.75) is 18.8 Å². The zero-order valence-electron chi connectivity index (χ0n) is 9.06. The summed E-state index contributed by atoms with van der Waals surface area (Å²) in [6, 6.07) is 4.11. The number of anilines is 1. The quantitative estimate of drug-likeness (QED) is 0.740. The van der Waals surface area contributed by atoms with Gasteiger partial charge in [-0.1, -0.05) is 0 Å². The van der Waals surface area contributed by atoms with Crippen LogP contribution in [0.5, 0.6) is 0 Å². The van der Waals surface area contributed by atoms with Gasteiger partial charge in [0.15, 0.2) is 5.82 Å². The molecule has 5 nitrogen and oxygen atoms in total. The van der Waals surface area contributed by atoms with Crippen molar-refractivity contribution in [1.82, 2.24) is 19.9 Å². The van der Waals surface area contributed by atoms with Crippen LogP contribution in [0.25, 0.3) is 5.52 Å². The first-order valence-electron chi connectivity index (χ1n) is 5.65.